The molecule has 0 fully saturated rings. The number of para-hydroxylation sites is 1. The number of halogens is 3. The Morgan fingerprint density at radius 2 is 1.89 bits per heavy atom. The summed E-state index contributed by atoms with van der Waals surface area (Å²) in [5, 5.41) is 25.3. The number of hydrogen-bond donors (Lipinski definition) is 2. The van der Waals surface area contributed by atoms with Crippen LogP contribution in [0.5, 0.6) is 0 Å². The lowest BCUT2D eigenvalue weighted by atomic mass is 10.1. The monoisotopic (exact) mass is 482 g/mol. The Labute approximate surface area is 196 Å². The van der Waals surface area contributed by atoms with Crippen molar-refractivity contribution in [2.75, 3.05) is 5.43 Å². The lowest BCUT2D eigenvalue weighted by molar-refractivity contribution is -0.384. The number of fused-ring (bicyclic) bond motifs is 1. The van der Waals surface area contributed by atoms with Crippen LogP contribution in [0.2, 0.25) is 0 Å². The van der Waals surface area contributed by atoms with Crippen molar-refractivity contribution >= 4 is 34.5 Å². The summed E-state index contributed by atoms with van der Waals surface area (Å²) in [7, 11) is 0. The van der Waals surface area contributed by atoms with Crippen LogP contribution in [0.15, 0.2) is 78.0 Å². The predicted octanol–water partition coefficient (Wildman–Crippen LogP) is 5.76. The second-order valence-corrected chi connectivity index (χ2v) is 7.59. The van der Waals surface area contributed by atoms with E-state index < -0.39 is 28.3 Å². The molecule has 2 N–H and O–H groups in total. The van der Waals surface area contributed by atoms with Crippen molar-refractivity contribution in [2.24, 2.45) is 5.10 Å². The summed E-state index contributed by atoms with van der Waals surface area (Å²) >= 11 is 0. The molecule has 0 atom stereocenters. The van der Waals surface area contributed by atoms with Crippen LogP contribution in [0.25, 0.3) is 10.9 Å². The Hall–Kier alpha value is -4.67. The molecule has 0 radical (unpaired) electrons. The van der Waals surface area contributed by atoms with Gasteiger partial charge in [0.1, 0.15) is 5.69 Å². The van der Waals surface area contributed by atoms with Gasteiger partial charge >= 0.3 is 12.1 Å². The third-order valence-electron chi connectivity index (χ3n) is 5.26. The van der Waals surface area contributed by atoms with Gasteiger partial charge in [-0.25, -0.2) is 4.79 Å². The van der Waals surface area contributed by atoms with E-state index in [4.69, 9.17) is 0 Å². The van der Waals surface area contributed by atoms with Crippen LogP contribution in [-0.4, -0.2) is 26.8 Å². The highest BCUT2D eigenvalue weighted by atomic mass is 19.4. The summed E-state index contributed by atoms with van der Waals surface area (Å²) in [4.78, 5) is 21.6. The van der Waals surface area contributed by atoms with E-state index in [0.717, 1.165) is 28.6 Å². The topological polar surface area (TPSA) is 110 Å². The number of anilines is 1. The number of carbonyl (C=O) groups is 1. The minimum Gasteiger partial charge on any atom is -0.478 e. The number of hydrogen-bond acceptors (Lipinski definition) is 5. The van der Waals surface area contributed by atoms with E-state index in [1.165, 1.54) is 12.3 Å². The Kier molecular flexibility index (Phi) is 6.24. The van der Waals surface area contributed by atoms with Gasteiger partial charge in [-0.2, -0.15) is 18.3 Å². The standard InChI is InChI=1S/C24H17F3N4O4/c25-24(26,27)18-8-9-20(22(11-18)31(34)35)29-28-12-17-14-30(21-7-2-1-6-19(17)21)13-15-4-3-5-16(10-15)23(32)33/h1-12,14,29H,13H2,(H,32,33). The summed E-state index contributed by atoms with van der Waals surface area (Å²) in [5.74, 6) is -1.03. The number of nitrogens with one attached hydrogen (secondary N) is 1. The van der Waals surface area contributed by atoms with Gasteiger partial charge in [0.15, 0.2) is 0 Å². The molecule has 0 aliphatic heterocycles. The van der Waals surface area contributed by atoms with E-state index >= 15 is 0 Å². The number of aromatic carboxylic acids is 1. The highest BCUT2D eigenvalue weighted by Gasteiger charge is 2.33. The van der Waals surface area contributed by atoms with Gasteiger partial charge in [-0.15, -0.1) is 0 Å². The molecule has 0 spiro atoms. The first-order chi connectivity index (χ1) is 16.6. The first-order valence-corrected chi connectivity index (χ1v) is 10.2. The normalized spacial score (nSPS) is 11.7. The fourth-order valence-corrected chi connectivity index (χ4v) is 3.63. The third kappa shape index (κ3) is 5.13. The highest BCUT2D eigenvalue weighted by molar-refractivity contribution is 5.99. The largest absolute Gasteiger partial charge is 0.478 e. The number of aromatic nitrogens is 1. The zero-order chi connectivity index (χ0) is 25.2. The predicted molar refractivity (Wildman–Crippen MR) is 124 cm³/mol. The lowest BCUT2D eigenvalue weighted by Crippen LogP contribution is -2.06. The Bertz CT molecular complexity index is 1460. The number of nitrogens with zero attached hydrogens (tertiary/aromatic N) is 3. The van der Waals surface area contributed by atoms with Crippen molar-refractivity contribution in [3.8, 4) is 0 Å². The fourth-order valence-electron chi connectivity index (χ4n) is 3.63. The average Bonchev–Trinajstić information content (AvgIpc) is 3.16. The quantitative estimate of drug-likeness (QED) is 0.198. The smallest absolute Gasteiger partial charge is 0.416 e. The molecule has 0 unspecified atom stereocenters. The van der Waals surface area contributed by atoms with E-state index in [-0.39, 0.29) is 11.3 Å². The van der Waals surface area contributed by atoms with Crippen molar-refractivity contribution in [3.63, 3.8) is 0 Å². The average molecular weight is 482 g/mol. The number of carboxylic acid groups (broad SMARTS) is 1. The van der Waals surface area contributed by atoms with E-state index in [1.807, 2.05) is 28.8 Å². The Morgan fingerprint density at radius 3 is 2.60 bits per heavy atom. The third-order valence-corrected chi connectivity index (χ3v) is 5.26. The number of rotatable bonds is 7. The van der Waals surface area contributed by atoms with Gasteiger partial charge in [0.2, 0.25) is 0 Å². The van der Waals surface area contributed by atoms with Gasteiger partial charge < -0.3 is 9.67 Å². The van der Waals surface area contributed by atoms with Crippen LogP contribution in [0.4, 0.5) is 24.5 Å². The molecule has 4 aromatic rings. The van der Waals surface area contributed by atoms with Crippen LogP contribution >= 0.6 is 0 Å². The highest BCUT2D eigenvalue weighted by Crippen LogP contribution is 2.35. The van der Waals surface area contributed by atoms with E-state index in [1.54, 1.807) is 24.4 Å². The number of alkyl halides is 3. The molecule has 4 rings (SSSR count). The molecule has 0 aliphatic rings. The van der Waals surface area contributed by atoms with Crippen LogP contribution in [-0.2, 0) is 12.7 Å². The van der Waals surface area contributed by atoms with E-state index in [0.29, 0.717) is 18.2 Å². The molecule has 3 aromatic carbocycles. The second-order valence-electron chi connectivity index (χ2n) is 7.59. The molecule has 1 aromatic heterocycles. The molecular formula is C24H17F3N4O4. The van der Waals surface area contributed by atoms with Crippen LogP contribution in [0.1, 0.15) is 27.0 Å². The summed E-state index contributed by atoms with van der Waals surface area (Å²) in [5.41, 5.74) is 2.82. The number of benzene rings is 3. The number of hydrazone groups is 1. The minimum atomic E-state index is -4.71. The van der Waals surface area contributed by atoms with Gasteiger partial charge in [0.05, 0.1) is 22.3 Å². The first-order valence-electron chi connectivity index (χ1n) is 10.2. The van der Waals surface area contributed by atoms with E-state index in [2.05, 4.69) is 10.5 Å². The van der Waals surface area contributed by atoms with Gasteiger partial charge in [-0.05, 0) is 35.9 Å². The molecule has 35 heavy (non-hydrogen) atoms. The molecule has 11 heteroatoms. The molecule has 0 amide bonds. The fraction of sp³-hybridized carbons (Fsp3) is 0.0833. The Morgan fingerprint density at radius 1 is 1.11 bits per heavy atom. The number of nitro groups is 1. The van der Waals surface area contributed by atoms with Crippen LogP contribution in [0, 0.1) is 10.1 Å². The van der Waals surface area contributed by atoms with E-state index in [9.17, 15) is 33.2 Å². The maximum atomic E-state index is 12.9. The number of nitro benzene ring substituents is 1. The Balaban J connectivity index is 1.62. The first kappa shape index (κ1) is 23.5. The van der Waals surface area contributed by atoms with Crippen molar-refractivity contribution in [1.82, 2.24) is 4.57 Å². The summed E-state index contributed by atoms with van der Waals surface area (Å²) in [6.07, 6.45) is -1.52. The molecule has 1 heterocycles. The number of carboxylic acids is 1. The molecule has 0 saturated carbocycles. The van der Waals surface area contributed by atoms with Crippen LogP contribution < -0.4 is 5.43 Å². The molecule has 0 aliphatic carbocycles. The summed E-state index contributed by atoms with van der Waals surface area (Å²) in [6.45, 7) is 0.382. The zero-order valence-electron chi connectivity index (χ0n) is 17.9. The second kappa shape index (κ2) is 9.29. The van der Waals surface area contributed by atoms with Crippen molar-refractivity contribution in [1.29, 1.82) is 0 Å². The molecule has 0 saturated heterocycles. The van der Waals surface area contributed by atoms with Gasteiger partial charge in [-0.1, -0.05) is 30.3 Å². The van der Waals surface area contributed by atoms with Crippen molar-refractivity contribution in [2.45, 2.75) is 12.7 Å². The minimum absolute atomic E-state index is 0.170. The molecule has 0 bridgehead atoms. The maximum Gasteiger partial charge on any atom is 0.416 e. The molecular weight excluding hydrogens is 465 g/mol. The summed E-state index contributed by atoms with van der Waals surface area (Å²) < 4.78 is 40.6. The van der Waals surface area contributed by atoms with Gasteiger partial charge in [0, 0.05) is 35.3 Å². The SMILES string of the molecule is O=C(O)c1cccc(Cn2cc(C=NNc3ccc(C(F)(F)F)cc3[N+](=O)[O-])c3ccccc32)c1. The summed E-state index contributed by atoms with van der Waals surface area (Å²) in [6, 6.07) is 16.1. The molecule has 8 nitrogen and oxygen atoms in total. The van der Waals surface area contributed by atoms with Crippen molar-refractivity contribution < 1.29 is 28.0 Å². The molecule has 178 valence electrons. The van der Waals surface area contributed by atoms with Crippen LogP contribution in [0.3, 0.4) is 0 Å². The lowest BCUT2D eigenvalue weighted by Gasteiger charge is -2.08. The van der Waals surface area contributed by atoms with Gasteiger partial charge in [-0.3, -0.25) is 15.5 Å². The van der Waals surface area contributed by atoms with Gasteiger partial charge in [0.25, 0.3) is 5.69 Å². The maximum absolute atomic E-state index is 12.9. The zero-order valence-corrected chi connectivity index (χ0v) is 17.9. The van der Waals surface area contributed by atoms with Crippen molar-refractivity contribution in [3.05, 3.63) is 105 Å².